The molecule has 3 nitrogen and oxygen atoms in total. The average Bonchev–Trinajstić information content (AvgIpc) is 2.30. The molecule has 0 saturated carbocycles. The van der Waals surface area contributed by atoms with E-state index in [9.17, 15) is 4.79 Å². The molecule has 3 heteroatoms. The van der Waals surface area contributed by atoms with Crippen LogP contribution in [0.2, 0.25) is 0 Å². The van der Waals surface area contributed by atoms with Gasteiger partial charge in [-0.15, -0.1) is 0 Å². The van der Waals surface area contributed by atoms with E-state index in [2.05, 4.69) is 4.99 Å². The van der Waals surface area contributed by atoms with E-state index in [1.54, 1.807) is 17.0 Å². The Kier molecular flexibility index (Phi) is 6.89. The smallest absolute Gasteiger partial charge is 0.278 e. The summed E-state index contributed by atoms with van der Waals surface area (Å²) in [7, 11) is 3.64. The van der Waals surface area contributed by atoms with Crippen LogP contribution in [0.1, 0.15) is 24.2 Å². The molecule has 0 bridgehead atoms. The summed E-state index contributed by atoms with van der Waals surface area (Å²) in [6, 6.07) is 8.99. The highest BCUT2D eigenvalue weighted by Gasteiger charge is 1.99. The van der Waals surface area contributed by atoms with Crippen LogP contribution in [0.25, 0.3) is 0 Å². The standard InChI is InChI=1S/C10H12N2O.C2H6/c1-12(2)8-11-10(13)9-6-4-3-5-7-9;1-2/h3-8H,1-2H3;1-2H3. The van der Waals surface area contributed by atoms with Crippen LogP contribution >= 0.6 is 0 Å². The van der Waals surface area contributed by atoms with E-state index in [1.807, 2.05) is 46.1 Å². The lowest BCUT2D eigenvalue weighted by atomic mass is 10.2. The molecule has 0 aliphatic carbocycles. The van der Waals surface area contributed by atoms with Gasteiger partial charge in [0.15, 0.2) is 0 Å². The fourth-order valence-corrected chi connectivity index (χ4v) is 0.823. The minimum Gasteiger partial charge on any atom is -0.369 e. The number of carbonyl (C=O) groups excluding carboxylic acids is 1. The first-order chi connectivity index (χ1) is 7.20. The van der Waals surface area contributed by atoms with Crippen LogP contribution in [0.4, 0.5) is 0 Å². The van der Waals surface area contributed by atoms with Crippen molar-refractivity contribution < 1.29 is 4.79 Å². The molecule has 15 heavy (non-hydrogen) atoms. The van der Waals surface area contributed by atoms with Crippen LogP contribution in [-0.2, 0) is 0 Å². The lowest BCUT2D eigenvalue weighted by molar-refractivity contribution is 0.100. The summed E-state index contributed by atoms with van der Waals surface area (Å²) in [4.78, 5) is 16.8. The molecule has 82 valence electrons. The maximum Gasteiger partial charge on any atom is 0.278 e. The van der Waals surface area contributed by atoms with Gasteiger partial charge in [0.1, 0.15) is 0 Å². The number of carbonyl (C=O) groups is 1. The van der Waals surface area contributed by atoms with Gasteiger partial charge in [-0.1, -0.05) is 32.0 Å². The Bertz CT molecular complexity index is 305. The molecule has 0 aromatic heterocycles. The van der Waals surface area contributed by atoms with Crippen molar-refractivity contribution in [3.63, 3.8) is 0 Å². The van der Waals surface area contributed by atoms with Gasteiger partial charge in [0.2, 0.25) is 0 Å². The average molecular weight is 206 g/mol. The summed E-state index contributed by atoms with van der Waals surface area (Å²) in [5.41, 5.74) is 0.612. The highest BCUT2D eigenvalue weighted by molar-refractivity contribution is 5.98. The minimum atomic E-state index is -0.214. The van der Waals surface area contributed by atoms with Gasteiger partial charge in [0.05, 0.1) is 6.34 Å². The summed E-state index contributed by atoms with van der Waals surface area (Å²) < 4.78 is 0. The molecule has 0 saturated heterocycles. The Hall–Kier alpha value is -1.64. The van der Waals surface area contributed by atoms with E-state index in [0.717, 1.165) is 0 Å². The molecule has 1 amide bonds. The van der Waals surface area contributed by atoms with Gasteiger partial charge in [-0.2, -0.15) is 4.99 Å². The first kappa shape index (κ1) is 13.4. The number of hydrogen-bond donors (Lipinski definition) is 0. The zero-order valence-electron chi connectivity index (χ0n) is 9.77. The summed E-state index contributed by atoms with van der Waals surface area (Å²) in [6.07, 6.45) is 1.50. The molecule has 1 rings (SSSR count). The van der Waals surface area contributed by atoms with Crippen LogP contribution in [0.5, 0.6) is 0 Å². The van der Waals surface area contributed by atoms with Crippen molar-refractivity contribution in [3.05, 3.63) is 35.9 Å². The van der Waals surface area contributed by atoms with Crippen molar-refractivity contribution in [3.8, 4) is 0 Å². The first-order valence-electron chi connectivity index (χ1n) is 5.00. The molecule has 0 N–H and O–H groups in total. The van der Waals surface area contributed by atoms with Crippen LogP contribution in [0, 0.1) is 0 Å². The summed E-state index contributed by atoms with van der Waals surface area (Å²) in [5.74, 6) is -0.214. The molecule has 0 atom stereocenters. The molecule has 1 aromatic rings. The van der Waals surface area contributed by atoms with E-state index in [0.29, 0.717) is 5.56 Å². The van der Waals surface area contributed by atoms with Crippen LogP contribution in [0.3, 0.4) is 0 Å². The second kappa shape index (κ2) is 7.74. The van der Waals surface area contributed by atoms with E-state index in [4.69, 9.17) is 0 Å². The Morgan fingerprint density at radius 2 is 1.73 bits per heavy atom. The zero-order valence-corrected chi connectivity index (χ0v) is 9.77. The quantitative estimate of drug-likeness (QED) is 0.550. The number of rotatable bonds is 2. The monoisotopic (exact) mass is 206 g/mol. The number of nitrogens with zero attached hydrogens (tertiary/aromatic N) is 2. The molecule has 0 spiro atoms. The third-order valence-electron chi connectivity index (χ3n) is 1.43. The van der Waals surface area contributed by atoms with Crippen molar-refractivity contribution in [2.45, 2.75) is 13.8 Å². The normalized spacial score (nSPS) is 9.33. The fourth-order valence-electron chi connectivity index (χ4n) is 0.823. The maximum absolute atomic E-state index is 11.3. The second-order valence-corrected chi connectivity index (χ2v) is 2.88. The van der Waals surface area contributed by atoms with E-state index < -0.39 is 0 Å². The summed E-state index contributed by atoms with van der Waals surface area (Å²) in [5, 5.41) is 0. The first-order valence-corrected chi connectivity index (χ1v) is 5.00. The highest BCUT2D eigenvalue weighted by Crippen LogP contribution is 1.99. The molecule has 0 heterocycles. The molecular formula is C12H18N2O. The Morgan fingerprint density at radius 1 is 1.20 bits per heavy atom. The molecule has 0 radical (unpaired) electrons. The lowest BCUT2D eigenvalue weighted by Gasteiger charge is -2.01. The Morgan fingerprint density at radius 3 is 2.20 bits per heavy atom. The van der Waals surface area contributed by atoms with Crippen LogP contribution in [-0.4, -0.2) is 31.2 Å². The largest absolute Gasteiger partial charge is 0.369 e. The topological polar surface area (TPSA) is 32.7 Å². The Balaban J connectivity index is 0.000000921. The lowest BCUT2D eigenvalue weighted by Crippen LogP contribution is -2.09. The number of amides is 1. The van der Waals surface area contributed by atoms with Gasteiger partial charge in [0, 0.05) is 19.7 Å². The highest BCUT2D eigenvalue weighted by atomic mass is 16.1. The van der Waals surface area contributed by atoms with Crippen molar-refractivity contribution in [1.29, 1.82) is 0 Å². The Labute approximate surface area is 91.4 Å². The van der Waals surface area contributed by atoms with Gasteiger partial charge in [0.25, 0.3) is 5.91 Å². The van der Waals surface area contributed by atoms with Crippen molar-refractivity contribution in [2.75, 3.05) is 14.1 Å². The summed E-state index contributed by atoms with van der Waals surface area (Å²) in [6.45, 7) is 4.00. The predicted molar refractivity (Wildman–Crippen MR) is 64.3 cm³/mol. The molecular weight excluding hydrogens is 188 g/mol. The van der Waals surface area contributed by atoms with Crippen LogP contribution < -0.4 is 0 Å². The third kappa shape index (κ3) is 5.62. The fraction of sp³-hybridized carbons (Fsp3) is 0.333. The molecule has 0 aliphatic rings. The zero-order chi connectivity index (χ0) is 11.7. The summed E-state index contributed by atoms with van der Waals surface area (Å²) >= 11 is 0. The number of aliphatic imine (C=N–C) groups is 1. The number of benzene rings is 1. The molecule has 1 aromatic carbocycles. The molecule has 0 aliphatic heterocycles. The van der Waals surface area contributed by atoms with E-state index >= 15 is 0 Å². The number of hydrogen-bond acceptors (Lipinski definition) is 1. The van der Waals surface area contributed by atoms with Crippen molar-refractivity contribution in [1.82, 2.24) is 4.90 Å². The minimum absolute atomic E-state index is 0.214. The van der Waals surface area contributed by atoms with Gasteiger partial charge >= 0.3 is 0 Å². The predicted octanol–water partition coefficient (Wildman–Crippen LogP) is 2.44. The van der Waals surface area contributed by atoms with Crippen molar-refractivity contribution >= 4 is 12.2 Å². The SMILES string of the molecule is CC.CN(C)C=NC(=O)c1ccccc1. The third-order valence-corrected chi connectivity index (χ3v) is 1.43. The van der Waals surface area contributed by atoms with Gasteiger partial charge in [-0.25, -0.2) is 0 Å². The maximum atomic E-state index is 11.3. The van der Waals surface area contributed by atoms with Crippen molar-refractivity contribution in [2.24, 2.45) is 4.99 Å². The van der Waals surface area contributed by atoms with Gasteiger partial charge in [-0.05, 0) is 12.1 Å². The second-order valence-electron chi connectivity index (χ2n) is 2.88. The molecule has 0 fully saturated rings. The van der Waals surface area contributed by atoms with Gasteiger partial charge in [-0.3, -0.25) is 4.79 Å². The van der Waals surface area contributed by atoms with Crippen LogP contribution in [0.15, 0.2) is 35.3 Å². The van der Waals surface area contributed by atoms with Gasteiger partial charge < -0.3 is 4.90 Å². The molecule has 0 unspecified atom stereocenters. The van der Waals surface area contributed by atoms with E-state index in [1.165, 1.54) is 6.34 Å². The van der Waals surface area contributed by atoms with E-state index in [-0.39, 0.29) is 5.91 Å².